The van der Waals surface area contributed by atoms with E-state index < -0.39 is 18.1 Å². The molecule has 1 atom stereocenters. The first-order chi connectivity index (χ1) is 8.47. The van der Waals surface area contributed by atoms with Crippen molar-refractivity contribution in [3.8, 4) is 0 Å². The van der Waals surface area contributed by atoms with Crippen LogP contribution in [0.25, 0.3) is 0 Å². The number of carboxylic acids is 1. The minimum atomic E-state index is -1.31. The molecule has 18 heavy (non-hydrogen) atoms. The summed E-state index contributed by atoms with van der Waals surface area (Å²) in [5, 5.41) is 11.2. The van der Waals surface area contributed by atoms with Crippen molar-refractivity contribution in [2.24, 2.45) is 0 Å². The minimum Gasteiger partial charge on any atom is -0.496 e. The molecule has 0 aromatic carbocycles. The molecule has 1 amide bonds. The lowest BCUT2D eigenvalue weighted by Crippen LogP contribution is -2.42. The molecule has 0 saturated carbocycles. The lowest BCUT2D eigenvalue weighted by molar-refractivity contribution is -0.138. The van der Waals surface area contributed by atoms with E-state index in [2.05, 4.69) is 16.6 Å². The van der Waals surface area contributed by atoms with Gasteiger partial charge in [0, 0.05) is 5.57 Å². The maximum atomic E-state index is 11.1. The largest absolute Gasteiger partial charge is 0.496 e. The van der Waals surface area contributed by atoms with Crippen LogP contribution >= 0.6 is 0 Å². The van der Waals surface area contributed by atoms with Gasteiger partial charge < -0.3 is 19.9 Å². The first-order valence-corrected chi connectivity index (χ1v) is 5.11. The number of hydrogen-bond acceptors (Lipinski definition) is 4. The van der Waals surface area contributed by atoms with Gasteiger partial charge in [0.25, 0.3) is 0 Å². The molecule has 6 nitrogen and oxygen atoms in total. The van der Waals surface area contributed by atoms with Gasteiger partial charge in [-0.3, -0.25) is 0 Å². The van der Waals surface area contributed by atoms with Crippen LogP contribution in [0.2, 0.25) is 0 Å². The number of allylic oxidation sites excluding steroid dienone is 3. The van der Waals surface area contributed by atoms with E-state index >= 15 is 0 Å². The van der Waals surface area contributed by atoms with Gasteiger partial charge in [0.15, 0.2) is 6.04 Å². The molecule has 0 aromatic rings. The molecule has 0 heterocycles. The van der Waals surface area contributed by atoms with Crippen molar-refractivity contribution >= 4 is 12.1 Å². The third-order valence-electron chi connectivity index (χ3n) is 2.02. The summed E-state index contributed by atoms with van der Waals surface area (Å²) < 4.78 is 9.36. The predicted molar refractivity (Wildman–Crippen MR) is 66.0 cm³/mol. The van der Waals surface area contributed by atoms with E-state index in [4.69, 9.17) is 9.84 Å². The summed E-state index contributed by atoms with van der Waals surface area (Å²) in [7, 11) is 2.53. The smallest absolute Gasteiger partial charge is 0.407 e. The summed E-state index contributed by atoms with van der Waals surface area (Å²) in [6.07, 6.45) is 4.11. The van der Waals surface area contributed by atoms with Gasteiger partial charge in [0.1, 0.15) is 5.76 Å². The summed E-state index contributed by atoms with van der Waals surface area (Å²) in [6, 6.07) is -1.31. The molecule has 0 aliphatic rings. The van der Waals surface area contributed by atoms with Crippen molar-refractivity contribution < 1.29 is 24.2 Å². The molecule has 0 saturated heterocycles. The normalized spacial score (nSPS) is 12.9. The second kappa shape index (κ2) is 7.94. The number of hydrogen-bond donors (Lipinski definition) is 2. The van der Waals surface area contributed by atoms with Crippen LogP contribution < -0.4 is 5.32 Å². The maximum Gasteiger partial charge on any atom is 0.407 e. The van der Waals surface area contributed by atoms with Crippen LogP contribution in [0.15, 0.2) is 36.1 Å². The van der Waals surface area contributed by atoms with Crippen molar-refractivity contribution in [1.82, 2.24) is 5.32 Å². The van der Waals surface area contributed by atoms with E-state index in [1.165, 1.54) is 7.11 Å². The molecule has 0 rings (SSSR count). The number of alkyl carbamates (subject to hydrolysis) is 1. The van der Waals surface area contributed by atoms with E-state index in [0.29, 0.717) is 0 Å². The predicted octanol–water partition coefficient (Wildman–Crippen LogP) is 1.46. The average Bonchev–Trinajstić information content (AvgIpc) is 2.35. The van der Waals surface area contributed by atoms with Crippen LogP contribution in [0.1, 0.15) is 6.92 Å². The van der Waals surface area contributed by atoms with Gasteiger partial charge in [-0.2, -0.15) is 0 Å². The van der Waals surface area contributed by atoms with Crippen LogP contribution in [0.4, 0.5) is 4.79 Å². The fraction of sp³-hybridized carbons (Fsp3) is 0.333. The van der Waals surface area contributed by atoms with Gasteiger partial charge in [0.05, 0.1) is 14.2 Å². The van der Waals surface area contributed by atoms with Crippen molar-refractivity contribution in [1.29, 1.82) is 0 Å². The van der Waals surface area contributed by atoms with Gasteiger partial charge in [-0.25, -0.2) is 9.59 Å². The summed E-state index contributed by atoms with van der Waals surface area (Å²) in [5.41, 5.74) is 0.119. The van der Waals surface area contributed by atoms with Gasteiger partial charge >= 0.3 is 12.1 Å². The molecule has 0 radical (unpaired) electrons. The number of ether oxygens (including phenoxy) is 2. The second-order valence-electron chi connectivity index (χ2n) is 3.19. The SMILES string of the molecule is C=C(/C(=C\C=C/C)OC)[C@@H](NC(=O)OC)C(=O)O. The molecule has 0 aliphatic carbocycles. The maximum absolute atomic E-state index is 11.1. The van der Waals surface area contributed by atoms with Gasteiger partial charge in [0.2, 0.25) is 0 Å². The van der Waals surface area contributed by atoms with E-state index in [1.54, 1.807) is 25.2 Å². The van der Waals surface area contributed by atoms with Crippen LogP contribution in [-0.4, -0.2) is 37.4 Å². The quantitative estimate of drug-likeness (QED) is 0.554. The fourth-order valence-corrected chi connectivity index (χ4v) is 1.11. The van der Waals surface area contributed by atoms with Crippen molar-refractivity contribution in [2.45, 2.75) is 13.0 Å². The Bertz CT molecular complexity index is 384. The number of carboxylic acid groups (broad SMARTS) is 1. The van der Waals surface area contributed by atoms with Gasteiger partial charge in [-0.1, -0.05) is 18.7 Å². The number of carbonyl (C=O) groups is 2. The lowest BCUT2D eigenvalue weighted by atomic mass is 10.1. The first-order valence-electron chi connectivity index (χ1n) is 5.11. The van der Waals surface area contributed by atoms with E-state index in [-0.39, 0.29) is 11.3 Å². The summed E-state index contributed by atoms with van der Waals surface area (Å²) >= 11 is 0. The Morgan fingerprint density at radius 2 is 1.94 bits per heavy atom. The summed E-state index contributed by atoms with van der Waals surface area (Å²) in [4.78, 5) is 22.1. The number of rotatable bonds is 6. The summed E-state index contributed by atoms with van der Waals surface area (Å²) in [5.74, 6) is -0.995. The van der Waals surface area contributed by atoms with E-state index in [0.717, 1.165) is 7.11 Å². The number of methoxy groups -OCH3 is 2. The molecule has 0 fully saturated rings. The molecule has 6 heteroatoms. The fourth-order valence-electron chi connectivity index (χ4n) is 1.11. The highest BCUT2D eigenvalue weighted by molar-refractivity contribution is 5.84. The number of carbonyl (C=O) groups excluding carboxylic acids is 1. The number of aliphatic carboxylic acids is 1. The molecular weight excluding hydrogens is 238 g/mol. The standard InChI is InChI=1S/C12H17NO5/c1-5-6-7-9(17-3)8(2)10(11(14)15)13-12(16)18-4/h5-7,10H,2H2,1,3-4H3,(H,13,16)(H,14,15)/b6-5-,9-7+/t10-/m1/s1. The highest BCUT2D eigenvalue weighted by Gasteiger charge is 2.26. The van der Waals surface area contributed by atoms with Crippen molar-refractivity contribution in [2.75, 3.05) is 14.2 Å². The average molecular weight is 255 g/mol. The Morgan fingerprint density at radius 3 is 2.33 bits per heavy atom. The van der Waals surface area contributed by atoms with Crippen molar-refractivity contribution in [3.05, 3.63) is 36.1 Å². The Balaban J connectivity index is 5.06. The van der Waals surface area contributed by atoms with Gasteiger partial charge in [-0.05, 0) is 13.0 Å². The number of amides is 1. The zero-order chi connectivity index (χ0) is 14.1. The highest BCUT2D eigenvalue weighted by Crippen LogP contribution is 2.14. The van der Waals surface area contributed by atoms with Crippen molar-refractivity contribution in [3.63, 3.8) is 0 Å². The Hall–Kier alpha value is -2.24. The monoisotopic (exact) mass is 255 g/mol. The number of nitrogens with one attached hydrogen (secondary N) is 1. The topological polar surface area (TPSA) is 84.9 Å². The highest BCUT2D eigenvalue weighted by atomic mass is 16.5. The molecule has 2 N–H and O–H groups in total. The van der Waals surface area contributed by atoms with Crippen LogP contribution in [0.3, 0.4) is 0 Å². The first kappa shape index (κ1) is 15.8. The molecular formula is C12H17NO5. The Morgan fingerprint density at radius 1 is 1.33 bits per heavy atom. The van der Waals surface area contributed by atoms with Crippen LogP contribution in [0.5, 0.6) is 0 Å². The molecule has 0 spiro atoms. The van der Waals surface area contributed by atoms with E-state index in [1.807, 2.05) is 0 Å². The lowest BCUT2D eigenvalue weighted by Gasteiger charge is -2.17. The molecule has 0 aliphatic heterocycles. The molecule has 0 bridgehead atoms. The minimum absolute atomic E-state index is 0.119. The zero-order valence-electron chi connectivity index (χ0n) is 10.6. The molecule has 0 unspecified atom stereocenters. The zero-order valence-corrected chi connectivity index (χ0v) is 10.6. The second-order valence-corrected chi connectivity index (χ2v) is 3.19. The third kappa shape index (κ3) is 4.73. The van der Waals surface area contributed by atoms with Gasteiger partial charge in [-0.15, -0.1) is 0 Å². The Labute approximate surface area is 106 Å². The van der Waals surface area contributed by atoms with Crippen LogP contribution in [-0.2, 0) is 14.3 Å². The van der Waals surface area contributed by atoms with Crippen LogP contribution in [0, 0.1) is 0 Å². The third-order valence-corrected chi connectivity index (χ3v) is 2.02. The Kier molecular flexibility index (Phi) is 6.95. The molecule has 0 aromatic heterocycles. The van der Waals surface area contributed by atoms with E-state index in [9.17, 15) is 9.59 Å². The molecule has 100 valence electrons. The summed E-state index contributed by atoms with van der Waals surface area (Å²) in [6.45, 7) is 5.41.